The van der Waals surface area contributed by atoms with Crippen LogP contribution in [0.25, 0.3) is 0 Å². The van der Waals surface area contributed by atoms with Gasteiger partial charge in [-0.3, -0.25) is 9.69 Å². The molecular weight excluding hydrogens is 376 g/mol. The summed E-state index contributed by atoms with van der Waals surface area (Å²) in [4.78, 5) is 13.5. The highest BCUT2D eigenvalue weighted by Gasteiger charge is 2.40. The molecule has 1 aromatic rings. The maximum Gasteiger partial charge on any atom is 0.306 e. The number of piperidine rings is 1. The highest BCUT2D eigenvalue weighted by molar-refractivity contribution is 6.31. The number of aryl methyl sites for hydroxylation is 1. The van der Waals surface area contributed by atoms with Crippen LogP contribution in [0.1, 0.15) is 37.3 Å². The van der Waals surface area contributed by atoms with Crippen LogP contribution in [0, 0.1) is 5.92 Å². The number of nitrogens with zero attached hydrogens (tertiary/aromatic N) is 1. The minimum Gasteiger partial charge on any atom is -0.481 e. The molecule has 2 heterocycles. The highest BCUT2D eigenvalue weighted by atomic mass is 35.5. The molecule has 1 atom stereocenters. The van der Waals surface area contributed by atoms with Gasteiger partial charge in [-0.1, -0.05) is 36.7 Å². The van der Waals surface area contributed by atoms with E-state index in [1.54, 1.807) is 0 Å². The fourth-order valence-electron chi connectivity index (χ4n) is 4.38. The summed E-state index contributed by atoms with van der Waals surface area (Å²) in [5.41, 5.74) is 3.62. The molecule has 1 aliphatic carbocycles. The number of halogens is 1. The predicted octanol–water partition coefficient (Wildman–Crippen LogP) is 3.73. The second-order valence-corrected chi connectivity index (χ2v) is 8.32. The van der Waals surface area contributed by atoms with Gasteiger partial charge in [0.15, 0.2) is 5.88 Å². The van der Waals surface area contributed by atoms with Crippen molar-refractivity contribution in [2.75, 3.05) is 13.1 Å². The van der Waals surface area contributed by atoms with Crippen LogP contribution < -0.4 is 5.32 Å². The first kappa shape index (κ1) is 19.3. The molecule has 3 aliphatic rings. The quantitative estimate of drug-likeness (QED) is 0.759. The minimum atomic E-state index is -0.654. The number of fused-ring (bicyclic) bond motifs is 1. The first-order valence-corrected chi connectivity index (χ1v) is 10.5. The number of hydrogen-bond donors (Lipinski definition) is 2. The van der Waals surface area contributed by atoms with Crippen molar-refractivity contribution < 1.29 is 14.6 Å². The number of carbonyl (C=O) groups is 1. The first-order chi connectivity index (χ1) is 13.5. The lowest BCUT2D eigenvalue weighted by molar-refractivity contribution is -0.147. The first-order valence-electron chi connectivity index (χ1n) is 10.1. The van der Waals surface area contributed by atoms with Crippen molar-refractivity contribution in [2.45, 2.75) is 51.3 Å². The van der Waals surface area contributed by atoms with E-state index in [9.17, 15) is 4.79 Å². The molecule has 6 heteroatoms. The molecule has 1 saturated carbocycles. The monoisotopic (exact) mass is 402 g/mol. The van der Waals surface area contributed by atoms with Crippen LogP contribution in [-0.4, -0.2) is 41.1 Å². The number of hydrogen-bond acceptors (Lipinski definition) is 4. The van der Waals surface area contributed by atoms with Crippen LogP contribution in [-0.2, 0) is 22.6 Å². The Kier molecular flexibility index (Phi) is 5.65. The number of aliphatic carboxylic acids is 1. The molecule has 28 heavy (non-hydrogen) atoms. The SMILES string of the molecule is CCc1cccc(Cl)c1COC1=CC=C2CN(C3CC(C(=O)O)C3)CCC2N1. The van der Waals surface area contributed by atoms with Gasteiger partial charge in [0.05, 0.1) is 12.0 Å². The van der Waals surface area contributed by atoms with Crippen molar-refractivity contribution >= 4 is 17.6 Å². The molecule has 1 aromatic carbocycles. The number of allylic oxidation sites excluding steroid dienone is 2. The lowest BCUT2D eigenvalue weighted by atomic mass is 9.78. The van der Waals surface area contributed by atoms with Crippen molar-refractivity contribution in [3.8, 4) is 0 Å². The summed E-state index contributed by atoms with van der Waals surface area (Å²) >= 11 is 6.36. The standard InChI is InChI=1S/C22H27ClN2O3/c1-2-14-4-3-5-19(23)18(14)13-28-21-7-6-15-12-25(9-8-20(15)24-21)17-10-16(11-17)22(26)27/h3-7,16-17,20,24H,2,8-13H2,1H3,(H,26,27). The fraction of sp³-hybridized carbons (Fsp3) is 0.500. The van der Waals surface area contributed by atoms with Gasteiger partial charge in [-0.05, 0) is 49.0 Å². The largest absolute Gasteiger partial charge is 0.481 e. The molecule has 0 radical (unpaired) electrons. The van der Waals surface area contributed by atoms with E-state index >= 15 is 0 Å². The summed E-state index contributed by atoms with van der Waals surface area (Å²) in [6.45, 7) is 4.48. The Labute approximate surface area is 171 Å². The Morgan fingerprint density at radius 1 is 1.36 bits per heavy atom. The molecule has 2 fully saturated rings. The number of carboxylic acid groups (broad SMARTS) is 1. The van der Waals surface area contributed by atoms with Crippen molar-refractivity contribution in [3.63, 3.8) is 0 Å². The maximum absolute atomic E-state index is 11.0. The van der Waals surface area contributed by atoms with Gasteiger partial charge in [-0.15, -0.1) is 0 Å². The van der Waals surface area contributed by atoms with Gasteiger partial charge in [0, 0.05) is 29.7 Å². The zero-order valence-corrected chi connectivity index (χ0v) is 16.9. The molecular formula is C22H27ClN2O3. The average molecular weight is 403 g/mol. The van der Waals surface area contributed by atoms with Gasteiger partial charge in [0.2, 0.25) is 0 Å². The molecule has 150 valence electrons. The molecule has 0 bridgehead atoms. The number of nitrogens with one attached hydrogen (secondary N) is 1. The summed E-state index contributed by atoms with van der Waals surface area (Å²) in [6, 6.07) is 6.69. The highest BCUT2D eigenvalue weighted by Crippen LogP contribution is 2.35. The predicted molar refractivity (Wildman–Crippen MR) is 109 cm³/mol. The van der Waals surface area contributed by atoms with Crippen LogP contribution in [0.15, 0.2) is 41.8 Å². The molecule has 2 aliphatic heterocycles. The van der Waals surface area contributed by atoms with Crippen LogP contribution in [0.4, 0.5) is 0 Å². The molecule has 0 amide bonds. The van der Waals surface area contributed by atoms with E-state index in [1.807, 2.05) is 18.2 Å². The second kappa shape index (κ2) is 8.18. The van der Waals surface area contributed by atoms with Gasteiger partial charge >= 0.3 is 5.97 Å². The van der Waals surface area contributed by atoms with Gasteiger partial charge < -0.3 is 15.2 Å². The Hall–Kier alpha value is -1.98. The summed E-state index contributed by atoms with van der Waals surface area (Å²) in [5.74, 6) is -0.0168. The molecule has 5 nitrogen and oxygen atoms in total. The third-order valence-electron chi connectivity index (χ3n) is 6.25. The molecule has 4 rings (SSSR count). The van der Waals surface area contributed by atoms with E-state index in [4.69, 9.17) is 21.4 Å². The number of rotatable bonds is 6. The van der Waals surface area contributed by atoms with E-state index in [0.29, 0.717) is 18.7 Å². The second-order valence-electron chi connectivity index (χ2n) is 7.91. The fourth-order valence-corrected chi connectivity index (χ4v) is 4.62. The van der Waals surface area contributed by atoms with E-state index in [2.05, 4.69) is 29.3 Å². The lowest BCUT2D eigenvalue weighted by Crippen LogP contribution is -2.53. The third kappa shape index (κ3) is 3.91. The van der Waals surface area contributed by atoms with Crippen LogP contribution in [0.3, 0.4) is 0 Å². The summed E-state index contributed by atoms with van der Waals surface area (Å²) in [6.07, 6.45) is 7.65. The average Bonchev–Trinajstić information content (AvgIpc) is 2.65. The normalized spacial score (nSPS) is 27.0. The van der Waals surface area contributed by atoms with E-state index in [1.165, 1.54) is 11.1 Å². The number of dihydropyridines is 1. The van der Waals surface area contributed by atoms with Gasteiger partial charge in [-0.25, -0.2) is 0 Å². The van der Waals surface area contributed by atoms with Crippen LogP contribution >= 0.6 is 11.6 Å². The lowest BCUT2D eigenvalue weighted by Gasteiger charge is -2.46. The van der Waals surface area contributed by atoms with E-state index in [0.717, 1.165) is 55.2 Å². The van der Waals surface area contributed by atoms with E-state index in [-0.39, 0.29) is 5.92 Å². The topological polar surface area (TPSA) is 61.8 Å². The van der Waals surface area contributed by atoms with Gasteiger partial charge in [-0.2, -0.15) is 0 Å². The number of ether oxygens (including phenoxy) is 1. The number of benzene rings is 1. The minimum absolute atomic E-state index is 0.154. The smallest absolute Gasteiger partial charge is 0.306 e. The van der Waals surface area contributed by atoms with Gasteiger partial charge in [0.25, 0.3) is 0 Å². The van der Waals surface area contributed by atoms with Crippen molar-refractivity contribution in [1.82, 2.24) is 10.2 Å². The van der Waals surface area contributed by atoms with Crippen LogP contribution in [0.2, 0.25) is 5.02 Å². The summed E-state index contributed by atoms with van der Waals surface area (Å²) in [5, 5.41) is 13.3. The molecule has 0 spiro atoms. The Morgan fingerprint density at radius 3 is 2.93 bits per heavy atom. The Morgan fingerprint density at radius 2 is 2.18 bits per heavy atom. The molecule has 1 unspecified atom stereocenters. The molecule has 2 N–H and O–H groups in total. The Bertz CT molecular complexity index is 814. The maximum atomic E-state index is 11.0. The van der Waals surface area contributed by atoms with Crippen LogP contribution in [0.5, 0.6) is 0 Å². The van der Waals surface area contributed by atoms with E-state index < -0.39 is 5.97 Å². The third-order valence-corrected chi connectivity index (χ3v) is 6.61. The summed E-state index contributed by atoms with van der Waals surface area (Å²) < 4.78 is 6.03. The van der Waals surface area contributed by atoms with Gasteiger partial charge in [0.1, 0.15) is 6.61 Å². The molecule has 0 aromatic heterocycles. The zero-order valence-electron chi connectivity index (χ0n) is 16.2. The van der Waals surface area contributed by atoms with Crippen molar-refractivity contribution in [2.24, 2.45) is 5.92 Å². The summed E-state index contributed by atoms with van der Waals surface area (Å²) in [7, 11) is 0. The van der Waals surface area contributed by atoms with Crippen molar-refractivity contribution in [1.29, 1.82) is 0 Å². The zero-order chi connectivity index (χ0) is 19.7. The number of carboxylic acids is 1. The Balaban J connectivity index is 1.35. The number of likely N-dealkylation sites (tertiary alicyclic amines) is 1. The molecule has 1 saturated heterocycles. The van der Waals surface area contributed by atoms with Crippen molar-refractivity contribution in [3.05, 3.63) is 58.0 Å².